The van der Waals surface area contributed by atoms with E-state index in [1.54, 1.807) is 6.20 Å². The Balaban J connectivity index is 1.92. The van der Waals surface area contributed by atoms with Gasteiger partial charge in [0.2, 0.25) is 0 Å². The molecule has 2 rings (SSSR count). The maximum absolute atomic E-state index is 4.45. The molecule has 1 N–H and O–H groups in total. The van der Waals surface area contributed by atoms with Crippen molar-refractivity contribution in [1.29, 1.82) is 0 Å². The topological polar surface area (TPSA) is 37.8 Å². The number of hydrogen-bond acceptors (Lipinski definition) is 3. The smallest absolute Gasteiger partial charge is 0.144 e. The van der Waals surface area contributed by atoms with E-state index in [0.717, 1.165) is 30.2 Å². The summed E-state index contributed by atoms with van der Waals surface area (Å²) < 4.78 is 0. The normalized spacial score (nSPS) is 10.4. The lowest BCUT2D eigenvalue weighted by Crippen LogP contribution is -2.08. The van der Waals surface area contributed by atoms with Crippen LogP contribution in [0.25, 0.3) is 0 Å². The van der Waals surface area contributed by atoms with Crippen LogP contribution in [0.1, 0.15) is 22.5 Å². The zero-order valence-corrected chi connectivity index (χ0v) is 11.2. The summed E-state index contributed by atoms with van der Waals surface area (Å²) in [5, 5.41) is 3.31. The quantitative estimate of drug-likeness (QED) is 0.894. The van der Waals surface area contributed by atoms with Crippen LogP contribution in [0.5, 0.6) is 0 Å². The van der Waals surface area contributed by atoms with Gasteiger partial charge in [-0.3, -0.25) is 4.98 Å². The third-order valence-electron chi connectivity index (χ3n) is 3.15. The molecule has 0 aliphatic heterocycles. The molecule has 1 aromatic carbocycles. The number of aromatic nitrogens is 2. The van der Waals surface area contributed by atoms with Crippen LogP contribution >= 0.6 is 0 Å². The monoisotopic (exact) mass is 241 g/mol. The average molecular weight is 241 g/mol. The van der Waals surface area contributed by atoms with Crippen LogP contribution in [0, 0.1) is 20.8 Å². The molecule has 0 atom stereocenters. The zero-order chi connectivity index (χ0) is 13.0. The SMILES string of the molecule is Cc1ccccc1CCNc1cnc(C)c(C)n1. The summed E-state index contributed by atoms with van der Waals surface area (Å²) in [5.74, 6) is 0.853. The molecule has 0 fully saturated rings. The van der Waals surface area contributed by atoms with E-state index in [9.17, 15) is 0 Å². The molecule has 0 bridgehead atoms. The first-order chi connectivity index (χ1) is 8.66. The molecule has 1 aromatic heterocycles. The van der Waals surface area contributed by atoms with Crippen LogP contribution < -0.4 is 5.32 Å². The molecular formula is C15H19N3. The van der Waals surface area contributed by atoms with Gasteiger partial charge in [-0.1, -0.05) is 24.3 Å². The molecule has 1 heterocycles. The highest BCUT2D eigenvalue weighted by Crippen LogP contribution is 2.09. The first kappa shape index (κ1) is 12.6. The van der Waals surface area contributed by atoms with Crippen LogP contribution in [0.15, 0.2) is 30.5 Å². The van der Waals surface area contributed by atoms with Gasteiger partial charge in [0.15, 0.2) is 0 Å². The van der Waals surface area contributed by atoms with Gasteiger partial charge in [-0.25, -0.2) is 4.98 Å². The highest BCUT2D eigenvalue weighted by molar-refractivity contribution is 5.34. The van der Waals surface area contributed by atoms with E-state index in [4.69, 9.17) is 0 Å². The minimum Gasteiger partial charge on any atom is -0.368 e. The molecule has 2 aromatic rings. The second-order valence-corrected chi connectivity index (χ2v) is 4.53. The molecule has 0 saturated carbocycles. The van der Waals surface area contributed by atoms with Crippen molar-refractivity contribution in [3.63, 3.8) is 0 Å². The van der Waals surface area contributed by atoms with Gasteiger partial charge < -0.3 is 5.32 Å². The maximum Gasteiger partial charge on any atom is 0.144 e. The molecule has 0 radical (unpaired) electrons. The first-order valence-corrected chi connectivity index (χ1v) is 6.25. The fraction of sp³-hybridized carbons (Fsp3) is 0.333. The number of aryl methyl sites for hydroxylation is 3. The van der Waals surface area contributed by atoms with Crippen LogP contribution in [-0.2, 0) is 6.42 Å². The van der Waals surface area contributed by atoms with E-state index in [1.165, 1.54) is 11.1 Å². The summed E-state index contributed by atoms with van der Waals surface area (Å²) in [5.41, 5.74) is 4.68. The summed E-state index contributed by atoms with van der Waals surface area (Å²) >= 11 is 0. The highest BCUT2D eigenvalue weighted by Gasteiger charge is 2.00. The van der Waals surface area contributed by atoms with Crippen molar-refractivity contribution in [3.05, 3.63) is 53.0 Å². The van der Waals surface area contributed by atoms with E-state index in [1.807, 2.05) is 13.8 Å². The number of nitrogens with one attached hydrogen (secondary N) is 1. The van der Waals surface area contributed by atoms with Crippen LogP contribution in [0.4, 0.5) is 5.82 Å². The molecule has 0 aliphatic carbocycles. The maximum atomic E-state index is 4.45. The first-order valence-electron chi connectivity index (χ1n) is 6.25. The van der Waals surface area contributed by atoms with E-state index in [0.29, 0.717) is 0 Å². The van der Waals surface area contributed by atoms with Gasteiger partial charge in [0, 0.05) is 6.54 Å². The Hall–Kier alpha value is -1.90. The Morgan fingerprint density at radius 1 is 1.06 bits per heavy atom. The van der Waals surface area contributed by atoms with Crippen molar-refractivity contribution in [2.24, 2.45) is 0 Å². The van der Waals surface area contributed by atoms with E-state index < -0.39 is 0 Å². The third kappa shape index (κ3) is 3.06. The summed E-state index contributed by atoms with van der Waals surface area (Å²) in [7, 11) is 0. The minimum atomic E-state index is 0.853. The lowest BCUT2D eigenvalue weighted by Gasteiger charge is -2.08. The van der Waals surface area contributed by atoms with Gasteiger partial charge in [0.05, 0.1) is 17.6 Å². The lowest BCUT2D eigenvalue weighted by molar-refractivity contribution is 0.970. The van der Waals surface area contributed by atoms with Crippen molar-refractivity contribution >= 4 is 5.82 Å². The zero-order valence-electron chi connectivity index (χ0n) is 11.2. The Morgan fingerprint density at radius 2 is 1.83 bits per heavy atom. The van der Waals surface area contributed by atoms with Crippen molar-refractivity contribution in [2.75, 3.05) is 11.9 Å². The Kier molecular flexibility index (Phi) is 3.92. The second-order valence-electron chi connectivity index (χ2n) is 4.53. The van der Waals surface area contributed by atoms with E-state index in [2.05, 4.69) is 46.5 Å². The standard InChI is InChI=1S/C15H19N3/c1-11-6-4-5-7-14(11)8-9-16-15-10-17-12(2)13(3)18-15/h4-7,10H,8-9H2,1-3H3,(H,16,18). The van der Waals surface area contributed by atoms with Crippen molar-refractivity contribution in [2.45, 2.75) is 27.2 Å². The average Bonchev–Trinajstić information content (AvgIpc) is 2.36. The number of benzene rings is 1. The Bertz CT molecular complexity index is 535. The fourth-order valence-corrected chi connectivity index (χ4v) is 1.84. The number of nitrogens with zero attached hydrogens (tertiary/aromatic N) is 2. The number of anilines is 1. The van der Waals surface area contributed by atoms with Crippen molar-refractivity contribution < 1.29 is 0 Å². The molecule has 0 amide bonds. The molecule has 0 saturated heterocycles. The van der Waals surface area contributed by atoms with Gasteiger partial charge >= 0.3 is 0 Å². The summed E-state index contributed by atoms with van der Waals surface area (Å²) in [4.78, 5) is 8.75. The third-order valence-corrected chi connectivity index (χ3v) is 3.15. The summed E-state index contributed by atoms with van der Waals surface area (Å²) in [6.07, 6.45) is 2.79. The van der Waals surface area contributed by atoms with E-state index in [-0.39, 0.29) is 0 Å². The van der Waals surface area contributed by atoms with Crippen molar-refractivity contribution in [1.82, 2.24) is 9.97 Å². The fourth-order valence-electron chi connectivity index (χ4n) is 1.84. The largest absolute Gasteiger partial charge is 0.368 e. The molecule has 3 heteroatoms. The van der Waals surface area contributed by atoms with Crippen LogP contribution in [0.3, 0.4) is 0 Å². The van der Waals surface area contributed by atoms with Gasteiger partial charge in [-0.15, -0.1) is 0 Å². The minimum absolute atomic E-state index is 0.853. The second kappa shape index (κ2) is 5.63. The van der Waals surface area contributed by atoms with Crippen LogP contribution in [0.2, 0.25) is 0 Å². The van der Waals surface area contributed by atoms with Crippen LogP contribution in [-0.4, -0.2) is 16.5 Å². The molecule has 3 nitrogen and oxygen atoms in total. The lowest BCUT2D eigenvalue weighted by atomic mass is 10.1. The van der Waals surface area contributed by atoms with Crippen molar-refractivity contribution in [3.8, 4) is 0 Å². The Labute approximate surface area is 108 Å². The molecule has 18 heavy (non-hydrogen) atoms. The summed E-state index contributed by atoms with van der Waals surface area (Å²) in [6, 6.07) is 8.47. The Morgan fingerprint density at radius 3 is 2.56 bits per heavy atom. The summed E-state index contributed by atoms with van der Waals surface area (Å²) in [6.45, 7) is 6.97. The predicted octanol–water partition coefficient (Wildman–Crippen LogP) is 3.06. The molecule has 94 valence electrons. The van der Waals surface area contributed by atoms with Gasteiger partial charge in [0.25, 0.3) is 0 Å². The van der Waals surface area contributed by atoms with Gasteiger partial charge in [-0.2, -0.15) is 0 Å². The highest BCUT2D eigenvalue weighted by atomic mass is 15.0. The van der Waals surface area contributed by atoms with E-state index >= 15 is 0 Å². The number of hydrogen-bond donors (Lipinski definition) is 1. The molecular weight excluding hydrogens is 222 g/mol. The molecule has 0 spiro atoms. The van der Waals surface area contributed by atoms with Gasteiger partial charge in [-0.05, 0) is 38.3 Å². The van der Waals surface area contributed by atoms with Gasteiger partial charge in [0.1, 0.15) is 5.82 Å². The number of rotatable bonds is 4. The predicted molar refractivity (Wildman–Crippen MR) is 74.9 cm³/mol. The molecule has 0 unspecified atom stereocenters. The molecule has 0 aliphatic rings.